The first-order valence-corrected chi connectivity index (χ1v) is 24.7. The molecule has 4 rings (SSSR count). The summed E-state index contributed by atoms with van der Waals surface area (Å²) in [5.74, 6) is 3.01. The van der Waals surface area contributed by atoms with E-state index in [9.17, 15) is 14.0 Å². The summed E-state index contributed by atoms with van der Waals surface area (Å²) in [4.78, 5) is 39.2. The van der Waals surface area contributed by atoms with Crippen LogP contribution in [0.25, 0.3) is 0 Å². The van der Waals surface area contributed by atoms with E-state index in [0.717, 1.165) is 38.5 Å². The van der Waals surface area contributed by atoms with Crippen LogP contribution in [-0.2, 0) is 25.5 Å². The summed E-state index contributed by atoms with van der Waals surface area (Å²) in [5, 5.41) is 0. The molecule has 0 amide bonds. The van der Waals surface area contributed by atoms with E-state index in [4.69, 9.17) is 20.9 Å². The van der Waals surface area contributed by atoms with E-state index in [0.29, 0.717) is 55.0 Å². The van der Waals surface area contributed by atoms with Gasteiger partial charge in [0.1, 0.15) is 18.1 Å². The molecule has 3 aliphatic rings. The van der Waals surface area contributed by atoms with Crippen LogP contribution in [0.5, 0.6) is 0 Å². The van der Waals surface area contributed by atoms with Gasteiger partial charge >= 0.3 is 12.0 Å². The van der Waals surface area contributed by atoms with E-state index < -0.39 is 11.7 Å². The monoisotopic (exact) mass is 820 g/mol. The Morgan fingerprint density at radius 3 is 1.80 bits per heavy atom. The molecule has 59 heavy (non-hydrogen) atoms. The Morgan fingerprint density at radius 1 is 0.763 bits per heavy atom. The molecule has 1 aromatic heterocycles. The number of aryl methyl sites for hydroxylation is 2. The number of carbonyl (C=O) groups is 2. The van der Waals surface area contributed by atoms with E-state index >= 15 is 0 Å². The smallest absolute Gasteiger partial charge is 0.309 e. The molecule has 332 valence electrons. The van der Waals surface area contributed by atoms with Gasteiger partial charge in [-0.05, 0) is 51.4 Å². The van der Waals surface area contributed by atoms with Crippen LogP contribution in [0.4, 0.5) is 10.1 Å². The van der Waals surface area contributed by atoms with Crippen molar-refractivity contribution in [1.82, 2.24) is 9.97 Å². The Kier molecular flexibility index (Phi) is 23.3. The quantitative estimate of drug-likeness (QED) is 0.0304. The van der Waals surface area contributed by atoms with Crippen molar-refractivity contribution in [3.63, 3.8) is 0 Å². The van der Waals surface area contributed by atoms with Crippen LogP contribution in [0.15, 0.2) is 4.99 Å². The molecule has 2 fully saturated rings. The lowest BCUT2D eigenvalue weighted by molar-refractivity contribution is -0.153. The normalized spacial score (nSPS) is 23.5. The van der Waals surface area contributed by atoms with Crippen molar-refractivity contribution >= 4 is 23.7 Å². The lowest BCUT2D eigenvalue weighted by atomic mass is 9.81. The maximum absolute atomic E-state index is 14.1. The minimum absolute atomic E-state index is 0.00189. The molecule has 1 aromatic rings. The Hall–Kier alpha value is -2.66. The molecule has 0 aromatic carbocycles. The molecule has 2 aliphatic heterocycles. The molecule has 7 nitrogen and oxygen atoms in total. The van der Waals surface area contributed by atoms with Crippen LogP contribution in [0.1, 0.15) is 224 Å². The highest BCUT2D eigenvalue weighted by molar-refractivity contribution is 5.83. The first-order valence-electron chi connectivity index (χ1n) is 24.7. The summed E-state index contributed by atoms with van der Waals surface area (Å²) in [6, 6.07) is 0. The van der Waals surface area contributed by atoms with Gasteiger partial charge in [-0.2, -0.15) is 4.39 Å². The van der Waals surface area contributed by atoms with Crippen LogP contribution in [-0.4, -0.2) is 46.2 Å². The molecule has 0 bridgehead atoms. The molecule has 6 atom stereocenters. The summed E-state index contributed by atoms with van der Waals surface area (Å²) in [7, 11) is 0. The van der Waals surface area contributed by atoms with Crippen molar-refractivity contribution in [3.05, 3.63) is 17.5 Å². The number of aliphatic imine (C=N–C) groups is 1. The fraction of sp³-hybridized carbons (Fsp3) is 0.824. The van der Waals surface area contributed by atoms with Gasteiger partial charge in [-0.25, -0.2) is 9.97 Å². The number of unbranched alkanes of at least 4 members (excludes halogenated alkanes) is 24. The van der Waals surface area contributed by atoms with E-state index in [1.165, 1.54) is 135 Å². The number of hydrogen-bond acceptors (Lipinski definition) is 7. The molecular formula is C51H82FN3O4. The first-order chi connectivity index (χ1) is 28.8. The third kappa shape index (κ3) is 17.3. The van der Waals surface area contributed by atoms with Gasteiger partial charge in [-0.1, -0.05) is 174 Å². The highest BCUT2D eigenvalue weighted by Crippen LogP contribution is 2.56. The maximum Gasteiger partial charge on any atom is 0.309 e. The number of Topliss-reactive ketones (excluding diaryl/α,β-unsaturated/α-hetero) is 1. The number of hydrogen-bond donors (Lipinski definition) is 0. The number of ether oxygens (including phenoxy) is 2. The molecule has 0 spiro atoms. The highest BCUT2D eigenvalue weighted by atomic mass is 19.1. The Balaban J connectivity index is 1.22. The number of fused-ring (bicyclic) bond motifs is 1. The van der Waals surface area contributed by atoms with Crippen LogP contribution >= 0.6 is 0 Å². The summed E-state index contributed by atoms with van der Waals surface area (Å²) in [5.41, 5.74) is 0.649. The lowest BCUT2D eigenvalue weighted by Gasteiger charge is -2.30. The largest absolute Gasteiger partial charge is 0.461 e. The molecule has 1 aliphatic carbocycles. The number of carbonyl (C=O) groups excluding carboxylic acids is 2. The zero-order valence-corrected chi connectivity index (χ0v) is 37.7. The van der Waals surface area contributed by atoms with E-state index in [1.807, 2.05) is 6.21 Å². The van der Waals surface area contributed by atoms with Gasteiger partial charge in [0.15, 0.2) is 5.60 Å². The number of ketones is 1. The van der Waals surface area contributed by atoms with Crippen LogP contribution in [0.3, 0.4) is 0 Å². The first kappa shape index (κ1) is 49.0. The second-order valence-corrected chi connectivity index (χ2v) is 18.5. The number of esters is 1. The standard InChI is InChI=1S/C51H82FN3O4/c1-5-8-10-12-14-16-18-20-22-24-26-28-30-32-46(56)43-36-42(43)44-37-47(41-34-35-45-49(53-38-41)40(4)54-50(52)55-45)59-51(44,7-3)39-58-48(57)33-31-29-27-25-23-21-19-17-15-13-11-9-6-2/h3,38,41-44,47H,5-6,8-37,39H2,1-2,4H3/t41?,42?,43?,44?,47-,51-/m1/s1. The number of nitrogens with zero attached hydrogens (tertiary/aromatic N) is 3. The predicted octanol–water partition coefficient (Wildman–Crippen LogP) is 13.7. The summed E-state index contributed by atoms with van der Waals surface area (Å²) >= 11 is 0. The van der Waals surface area contributed by atoms with Crippen molar-refractivity contribution < 1.29 is 23.5 Å². The van der Waals surface area contributed by atoms with Crippen LogP contribution in [0, 0.1) is 49.0 Å². The molecule has 0 N–H and O–H groups in total. The molecule has 4 unspecified atom stereocenters. The second-order valence-electron chi connectivity index (χ2n) is 18.5. The van der Waals surface area contributed by atoms with E-state index in [2.05, 4.69) is 29.7 Å². The maximum atomic E-state index is 14.1. The van der Waals surface area contributed by atoms with E-state index in [1.54, 1.807) is 6.92 Å². The predicted molar refractivity (Wildman–Crippen MR) is 239 cm³/mol. The van der Waals surface area contributed by atoms with Gasteiger partial charge < -0.3 is 9.47 Å². The topological polar surface area (TPSA) is 90.7 Å². The van der Waals surface area contributed by atoms with Crippen LogP contribution < -0.4 is 0 Å². The molecule has 0 radical (unpaired) electrons. The van der Waals surface area contributed by atoms with Gasteiger partial charge in [0.25, 0.3) is 0 Å². The van der Waals surface area contributed by atoms with Gasteiger partial charge in [-0.15, -0.1) is 6.42 Å². The minimum atomic E-state index is -1.10. The van der Waals surface area contributed by atoms with E-state index in [-0.39, 0.29) is 42.4 Å². The minimum Gasteiger partial charge on any atom is -0.461 e. The third-order valence-corrected chi connectivity index (χ3v) is 13.6. The number of terminal acetylenes is 1. The summed E-state index contributed by atoms with van der Waals surface area (Å²) < 4.78 is 26.8. The van der Waals surface area contributed by atoms with Gasteiger partial charge in [0, 0.05) is 36.8 Å². The van der Waals surface area contributed by atoms with Crippen molar-refractivity contribution in [2.24, 2.45) is 28.7 Å². The SMILES string of the molecule is C#C[C@]1(COC(=O)CCCCCCCCCCCCCCC)O[C@@H](C2C=Nc3c(C)nc(F)nc3CC2)CC1C1CC1C(=O)CCCCCCCCCCCCCCC. The zero-order chi connectivity index (χ0) is 42.1. The van der Waals surface area contributed by atoms with Gasteiger partial charge in [-0.3, -0.25) is 14.6 Å². The molecule has 8 heteroatoms. The van der Waals surface area contributed by atoms with Crippen molar-refractivity contribution in [2.45, 2.75) is 238 Å². The fourth-order valence-electron chi connectivity index (χ4n) is 9.79. The van der Waals surface area contributed by atoms with Crippen LogP contribution in [0.2, 0.25) is 0 Å². The van der Waals surface area contributed by atoms with Crippen molar-refractivity contribution in [2.75, 3.05) is 6.61 Å². The molecule has 1 saturated carbocycles. The molecular weight excluding hydrogens is 738 g/mol. The lowest BCUT2D eigenvalue weighted by Crippen LogP contribution is -2.42. The Morgan fingerprint density at radius 2 is 1.27 bits per heavy atom. The highest BCUT2D eigenvalue weighted by Gasteiger charge is 2.60. The number of halogens is 1. The number of aromatic nitrogens is 2. The summed E-state index contributed by atoms with van der Waals surface area (Å²) in [6.45, 7) is 6.28. The average Bonchev–Trinajstić information content (AvgIpc) is 3.98. The average molecular weight is 820 g/mol. The Bertz CT molecular complexity index is 1440. The molecule has 3 heterocycles. The second kappa shape index (κ2) is 28.0. The molecule has 1 saturated heterocycles. The number of rotatable bonds is 33. The van der Waals surface area contributed by atoms with Gasteiger partial charge in [0.05, 0.1) is 17.5 Å². The van der Waals surface area contributed by atoms with Gasteiger partial charge in [0.2, 0.25) is 0 Å². The zero-order valence-electron chi connectivity index (χ0n) is 37.7. The van der Waals surface area contributed by atoms with Crippen molar-refractivity contribution in [1.29, 1.82) is 0 Å². The van der Waals surface area contributed by atoms with Crippen molar-refractivity contribution in [3.8, 4) is 12.3 Å². The fourth-order valence-corrected chi connectivity index (χ4v) is 9.79. The Labute approximate surface area is 359 Å². The summed E-state index contributed by atoms with van der Waals surface area (Å²) in [6.07, 6.45) is 43.9. The third-order valence-electron chi connectivity index (χ3n) is 13.6.